The van der Waals surface area contributed by atoms with E-state index >= 15 is 0 Å². The molecule has 0 aliphatic carbocycles. The summed E-state index contributed by atoms with van der Waals surface area (Å²) in [5.74, 6) is -0.474. The topological polar surface area (TPSA) is 67.4 Å². The van der Waals surface area contributed by atoms with Crippen LogP contribution in [-0.2, 0) is 27.0 Å². The van der Waals surface area contributed by atoms with Gasteiger partial charge in [0.05, 0.1) is 11.1 Å². The van der Waals surface area contributed by atoms with Crippen LogP contribution in [0, 0.1) is 5.92 Å². The van der Waals surface area contributed by atoms with Crippen LogP contribution < -0.4 is 10.6 Å². The summed E-state index contributed by atoms with van der Waals surface area (Å²) in [5.41, 5.74) is 1.06. The zero-order valence-corrected chi connectivity index (χ0v) is 21.4. The number of benzene rings is 3. The van der Waals surface area contributed by atoms with Gasteiger partial charge in [-0.3, -0.25) is 9.59 Å². The van der Waals surface area contributed by atoms with Crippen LogP contribution in [0.4, 0.5) is 18.9 Å². The molecule has 5 nitrogen and oxygen atoms in total. The number of nitrogens with one attached hydrogen (secondary N) is 2. The number of hydrogen-bond acceptors (Lipinski definition) is 3. The summed E-state index contributed by atoms with van der Waals surface area (Å²) in [7, 11) is 0. The summed E-state index contributed by atoms with van der Waals surface area (Å²) >= 11 is 0. The van der Waals surface area contributed by atoms with E-state index in [1.807, 2.05) is 18.2 Å². The second-order valence-electron chi connectivity index (χ2n) is 8.90. The molecule has 3 aromatic carbocycles. The van der Waals surface area contributed by atoms with E-state index in [-0.39, 0.29) is 41.0 Å². The van der Waals surface area contributed by atoms with Crippen LogP contribution in [0.5, 0.6) is 0 Å². The Labute approximate surface area is 220 Å². The fraction of sp³-hybridized carbons (Fsp3) is 0.200. The van der Waals surface area contributed by atoms with Crippen LogP contribution >= 0.6 is 0 Å². The van der Waals surface area contributed by atoms with Crippen LogP contribution in [-0.4, -0.2) is 11.8 Å². The van der Waals surface area contributed by atoms with Crippen LogP contribution in [0.2, 0.25) is 0 Å². The number of halogens is 3. The molecule has 0 atom stereocenters. The minimum atomic E-state index is -4.54. The zero-order chi connectivity index (χ0) is 27.9. The highest BCUT2D eigenvalue weighted by molar-refractivity contribution is 6.00. The van der Waals surface area contributed by atoms with E-state index in [1.165, 1.54) is 25.1 Å². The molecule has 2 N–H and O–H groups in total. The smallest absolute Gasteiger partial charge is 0.416 e. The Bertz CT molecular complexity index is 1330. The molecule has 8 heteroatoms. The second-order valence-corrected chi connectivity index (χ2v) is 8.90. The third kappa shape index (κ3) is 7.35. The lowest BCUT2D eigenvalue weighted by Gasteiger charge is -2.17. The summed E-state index contributed by atoms with van der Waals surface area (Å²) in [6.45, 7) is 8.73. The van der Waals surface area contributed by atoms with Crippen molar-refractivity contribution in [2.24, 2.45) is 5.92 Å². The summed E-state index contributed by atoms with van der Waals surface area (Å²) in [4.78, 5) is 25.1. The SMILES string of the molecule is C=C(O/C(=C(\C)C(=O)NCc1ccccc1C(F)(F)F)c1ccc(NC(=O)C(C)C)cc1)c1ccccc1. The average Bonchev–Trinajstić information content (AvgIpc) is 2.90. The van der Waals surface area contributed by atoms with Gasteiger partial charge in [-0.15, -0.1) is 0 Å². The molecular weight excluding hydrogens is 493 g/mol. The van der Waals surface area contributed by atoms with Crippen LogP contribution in [0.1, 0.15) is 43.0 Å². The first-order chi connectivity index (χ1) is 18.0. The van der Waals surface area contributed by atoms with E-state index in [0.29, 0.717) is 16.8 Å². The average molecular weight is 523 g/mol. The van der Waals surface area contributed by atoms with Crippen LogP contribution in [0.25, 0.3) is 11.5 Å². The molecule has 0 heterocycles. The van der Waals surface area contributed by atoms with Gasteiger partial charge in [-0.25, -0.2) is 0 Å². The van der Waals surface area contributed by atoms with Crippen molar-refractivity contribution in [1.29, 1.82) is 0 Å². The van der Waals surface area contributed by atoms with Gasteiger partial charge in [-0.05, 0) is 42.8 Å². The molecule has 2 amide bonds. The molecule has 0 fully saturated rings. The Kier molecular flexibility index (Phi) is 9.12. The first-order valence-corrected chi connectivity index (χ1v) is 11.9. The van der Waals surface area contributed by atoms with Crippen molar-refractivity contribution in [3.8, 4) is 0 Å². The number of anilines is 1. The lowest BCUT2D eigenvalue weighted by atomic mass is 10.1. The van der Waals surface area contributed by atoms with Crippen molar-refractivity contribution in [2.45, 2.75) is 33.5 Å². The quantitative estimate of drug-likeness (QED) is 0.234. The van der Waals surface area contributed by atoms with Crippen molar-refractivity contribution in [2.75, 3.05) is 5.32 Å². The van der Waals surface area contributed by atoms with Crippen molar-refractivity contribution in [3.05, 3.63) is 113 Å². The van der Waals surface area contributed by atoms with Gasteiger partial charge in [0.25, 0.3) is 5.91 Å². The lowest BCUT2D eigenvalue weighted by Crippen LogP contribution is -2.26. The third-order valence-electron chi connectivity index (χ3n) is 5.70. The van der Waals surface area contributed by atoms with Gasteiger partial charge in [-0.2, -0.15) is 13.2 Å². The number of carbonyl (C=O) groups excluding carboxylic acids is 2. The maximum atomic E-state index is 13.4. The van der Waals surface area contributed by atoms with E-state index < -0.39 is 17.6 Å². The minimum Gasteiger partial charge on any atom is -0.456 e. The molecule has 198 valence electrons. The Hall–Kier alpha value is -4.33. The van der Waals surface area contributed by atoms with Crippen LogP contribution in [0.15, 0.2) is 91.0 Å². The van der Waals surface area contributed by atoms with Gasteiger partial charge in [0.1, 0.15) is 11.5 Å². The van der Waals surface area contributed by atoms with Gasteiger partial charge in [0.15, 0.2) is 0 Å². The molecule has 0 aliphatic heterocycles. The molecule has 3 rings (SSSR count). The predicted octanol–water partition coefficient (Wildman–Crippen LogP) is 7.03. The van der Waals surface area contributed by atoms with Crippen molar-refractivity contribution in [3.63, 3.8) is 0 Å². The van der Waals surface area contributed by atoms with E-state index in [0.717, 1.165) is 6.07 Å². The molecule has 0 saturated carbocycles. The van der Waals surface area contributed by atoms with Gasteiger partial charge >= 0.3 is 6.18 Å². The summed E-state index contributed by atoms with van der Waals surface area (Å²) in [6.07, 6.45) is -4.54. The highest BCUT2D eigenvalue weighted by Crippen LogP contribution is 2.32. The molecule has 3 aromatic rings. The standard InChI is InChI=1S/C30H29F3N2O3/c1-19(2)28(36)35-25-16-14-23(15-17-25)27(38-21(4)22-10-6-5-7-11-22)20(3)29(37)34-18-24-12-8-9-13-26(24)30(31,32)33/h5-17,19H,4,18H2,1-3H3,(H,34,37)(H,35,36)/b27-20+. The van der Waals surface area contributed by atoms with Crippen LogP contribution in [0.3, 0.4) is 0 Å². The fourth-order valence-corrected chi connectivity index (χ4v) is 3.51. The number of amides is 2. The van der Waals surface area contributed by atoms with Crippen molar-refractivity contribution < 1.29 is 27.5 Å². The van der Waals surface area contributed by atoms with Gasteiger partial charge in [0, 0.05) is 29.3 Å². The Morgan fingerprint density at radius 3 is 2.11 bits per heavy atom. The summed E-state index contributed by atoms with van der Waals surface area (Å²) < 4.78 is 46.1. The third-order valence-corrected chi connectivity index (χ3v) is 5.70. The summed E-state index contributed by atoms with van der Waals surface area (Å²) in [6, 6.07) is 20.9. The number of alkyl halides is 3. The number of ether oxygens (including phenoxy) is 1. The molecule has 0 bridgehead atoms. The number of rotatable bonds is 9. The van der Waals surface area contributed by atoms with Gasteiger partial charge in [-0.1, -0.05) is 69.0 Å². The van der Waals surface area contributed by atoms with E-state index in [1.54, 1.807) is 50.2 Å². The zero-order valence-electron chi connectivity index (χ0n) is 21.4. The Morgan fingerprint density at radius 2 is 1.50 bits per heavy atom. The molecule has 0 aliphatic rings. The minimum absolute atomic E-state index is 0.0532. The first-order valence-electron chi connectivity index (χ1n) is 11.9. The highest BCUT2D eigenvalue weighted by Gasteiger charge is 2.33. The second kappa shape index (κ2) is 12.3. The van der Waals surface area contributed by atoms with Crippen molar-refractivity contribution in [1.82, 2.24) is 5.32 Å². The maximum Gasteiger partial charge on any atom is 0.416 e. The van der Waals surface area contributed by atoms with E-state index in [9.17, 15) is 22.8 Å². The van der Waals surface area contributed by atoms with E-state index in [2.05, 4.69) is 17.2 Å². The molecule has 0 saturated heterocycles. The monoisotopic (exact) mass is 522 g/mol. The largest absolute Gasteiger partial charge is 0.456 e. The first kappa shape index (κ1) is 28.2. The molecule has 38 heavy (non-hydrogen) atoms. The number of carbonyl (C=O) groups is 2. The summed E-state index contributed by atoms with van der Waals surface area (Å²) in [5, 5.41) is 5.36. The molecule has 0 unspecified atom stereocenters. The molecular formula is C30H29F3N2O3. The fourth-order valence-electron chi connectivity index (χ4n) is 3.51. The normalized spacial score (nSPS) is 12.0. The number of hydrogen-bond donors (Lipinski definition) is 2. The van der Waals surface area contributed by atoms with Gasteiger partial charge in [0.2, 0.25) is 5.91 Å². The van der Waals surface area contributed by atoms with Gasteiger partial charge < -0.3 is 15.4 Å². The van der Waals surface area contributed by atoms with Crippen molar-refractivity contribution >= 4 is 29.0 Å². The van der Waals surface area contributed by atoms with E-state index in [4.69, 9.17) is 4.74 Å². The maximum absolute atomic E-state index is 13.4. The highest BCUT2D eigenvalue weighted by atomic mass is 19.4. The Morgan fingerprint density at radius 1 is 0.895 bits per heavy atom. The lowest BCUT2D eigenvalue weighted by molar-refractivity contribution is -0.138. The molecule has 0 aromatic heterocycles. The Balaban J connectivity index is 1.90. The molecule has 0 radical (unpaired) electrons. The molecule has 0 spiro atoms. The predicted molar refractivity (Wildman–Crippen MR) is 142 cm³/mol.